The van der Waals surface area contributed by atoms with Gasteiger partial charge in [-0.15, -0.1) is 0 Å². The molecule has 0 saturated heterocycles. The molecule has 90 valence electrons. The van der Waals surface area contributed by atoms with E-state index < -0.39 is 27.6 Å². The summed E-state index contributed by atoms with van der Waals surface area (Å²) in [5.74, 6) is -0.949. The lowest BCUT2D eigenvalue weighted by atomic mass is 10.1. The maximum atomic E-state index is 12.3. The van der Waals surface area contributed by atoms with Crippen LogP contribution < -0.4 is 0 Å². The molecular weight excluding hydrogens is 269 g/mol. The molecule has 16 heavy (non-hydrogen) atoms. The van der Waals surface area contributed by atoms with E-state index in [1.165, 1.54) is 0 Å². The summed E-state index contributed by atoms with van der Waals surface area (Å²) >= 11 is 5.51. The largest absolute Gasteiger partial charge is 0.416 e. The highest BCUT2D eigenvalue weighted by atomic mass is 35.5. The summed E-state index contributed by atoms with van der Waals surface area (Å²) in [6.07, 6.45) is -4.58. The number of halogens is 4. The highest BCUT2D eigenvalue weighted by Crippen LogP contribution is 2.32. The molecule has 0 radical (unpaired) electrons. The van der Waals surface area contributed by atoms with Crippen molar-refractivity contribution in [1.82, 2.24) is 0 Å². The van der Waals surface area contributed by atoms with Crippen molar-refractivity contribution in [2.45, 2.75) is 11.9 Å². The van der Waals surface area contributed by atoms with Crippen molar-refractivity contribution in [3.05, 3.63) is 34.3 Å². The highest BCUT2D eigenvalue weighted by Gasteiger charge is 2.31. The summed E-state index contributed by atoms with van der Waals surface area (Å²) < 4.78 is 66.4. The molecule has 1 aromatic carbocycles. The van der Waals surface area contributed by atoms with Gasteiger partial charge in [0.15, 0.2) is 0 Å². The molecule has 0 amide bonds. The monoisotopic (exact) mass is 274 g/mol. The second kappa shape index (κ2) is 4.23. The number of hydrogen-bond donors (Lipinski definition) is 1. The molecule has 0 fully saturated rings. The third-order valence-corrected chi connectivity index (χ3v) is 2.76. The van der Waals surface area contributed by atoms with Crippen LogP contribution in [0.2, 0.25) is 5.02 Å². The van der Waals surface area contributed by atoms with E-state index in [0.717, 1.165) is 12.1 Å². The van der Waals surface area contributed by atoms with E-state index in [2.05, 4.69) is 0 Å². The van der Waals surface area contributed by atoms with E-state index in [0.29, 0.717) is 6.07 Å². The lowest BCUT2D eigenvalue weighted by Crippen LogP contribution is -2.08. The average molecular weight is 275 g/mol. The molecule has 0 bridgehead atoms. The van der Waals surface area contributed by atoms with Crippen LogP contribution in [0.1, 0.15) is 11.1 Å². The smallest absolute Gasteiger partial charge is 0.285 e. The van der Waals surface area contributed by atoms with E-state index in [1.54, 1.807) is 0 Å². The second-order valence-corrected chi connectivity index (χ2v) is 4.89. The predicted octanol–water partition coefficient (Wildman–Crippen LogP) is 2.75. The summed E-state index contributed by atoms with van der Waals surface area (Å²) in [6, 6.07) is 2.26. The summed E-state index contributed by atoms with van der Waals surface area (Å²) in [5.41, 5.74) is -1.31. The van der Waals surface area contributed by atoms with Gasteiger partial charge in [-0.3, -0.25) is 4.55 Å². The standard InChI is InChI=1S/C8H6ClF3O3S/c9-7-2-1-6(8(10,11)12)3-5(7)4-16(13,14)15/h1-3H,4H2,(H,13,14,15). The van der Waals surface area contributed by atoms with Gasteiger partial charge in [0, 0.05) is 5.02 Å². The quantitative estimate of drug-likeness (QED) is 0.844. The fourth-order valence-electron chi connectivity index (χ4n) is 1.06. The Morgan fingerprint density at radius 3 is 2.31 bits per heavy atom. The van der Waals surface area contributed by atoms with Crippen molar-refractivity contribution in [1.29, 1.82) is 0 Å². The zero-order chi connectivity index (χ0) is 12.6. The lowest BCUT2D eigenvalue weighted by molar-refractivity contribution is -0.137. The van der Waals surface area contributed by atoms with Crippen molar-refractivity contribution in [3.63, 3.8) is 0 Å². The van der Waals surface area contributed by atoms with Gasteiger partial charge in [0.05, 0.1) is 5.56 Å². The van der Waals surface area contributed by atoms with E-state index in [9.17, 15) is 21.6 Å². The minimum Gasteiger partial charge on any atom is -0.285 e. The molecule has 1 rings (SSSR count). The third kappa shape index (κ3) is 3.66. The van der Waals surface area contributed by atoms with Crippen LogP contribution in [0, 0.1) is 0 Å². The highest BCUT2D eigenvalue weighted by molar-refractivity contribution is 7.85. The molecule has 1 N–H and O–H groups in total. The predicted molar refractivity (Wildman–Crippen MR) is 51.7 cm³/mol. The fraction of sp³-hybridized carbons (Fsp3) is 0.250. The molecule has 0 atom stereocenters. The average Bonchev–Trinajstić information content (AvgIpc) is 2.04. The molecular formula is C8H6ClF3O3S. The van der Waals surface area contributed by atoms with Crippen molar-refractivity contribution in [2.24, 2.45) is 0 Å². The molecule has 0 aliphatic carbocycles. The first kappa shape index (κ1) is 13.3. The molecule has 0 unspecified atom stereocenters. The molecule has 0 saturated carbocycles. The van der Waals surface area contributed by atoms with Gasteiger partial charge in [-0.25, -0.2) is 0 Å². The van der Waals surface area contributed by atoms with Crippen LogP contribution in [0.3, 0.4) is 0 Å². The van der Waals surface area contributed by atoms with Crippen molar-refractivity contribution >= 4 is 21.7 Å². The maximum Gasteiger partial charge on any atom is 0.416 e. The molecule has 0 heterocycles. The summed E-state index contributed by atoms with van der Waals surface area (Å²) in [6.45, 7) is 0. The number of rotatable bonds is 2. The summed E-state index contributed by atoms with van der Waals surface area (Å²) in [4.78, 5) is 0. The Labute approximate surface area is 94.6 Å². The van der Waals surface area contributed by atoms with Gasteiger partial charge in [-0.05, 0) is 23.8 Å². The van der Waals surface area contributed by atoms with Crippen LogP contribution in [0.15, 0.2) is 18.2 Å². The first-order valence-electron chi connectivity index (χ1n) is 3.90. The van der Waals surface area contributed by atoms with Crippen molar-refractivity contribution in [3.8, 4) is 0 Å². The van der Waals surface area contributed by atoms with E-state index in [4.69, 9.17) is 16.2 Å². The first-order chi connectivity index (χ1) is 7.09. The normalized spacial score (nSPS) is 12.8. The number of benzene rings is 1. The minimum atomic E-state index is -4.58. The van der Waals surface area contributed by atoms with Crippen LogP contribution >= 0.6 is 11.6 Å². The second-order valence-electron chi connectivity index (χ2n) is 3.03. The van der Waals surface area contributed by atoms with Crippen LogP contribution in [0.25, 0.3) is 0 Å². The van der Waals surface area contributed by atoms with Gasteiger partial charge in [-0.1, -0.05) is 11.6 Å². The molecule has 3 nitrogen and oxygen atoms in total. The van der Waals surface area contributed by atoms with E-state index in [1.807, 2.05) is 0 Å². The molecule has 0 aromatic heterocycles. The fourth-order valence-corrected chi connectivity index (χ4v) is 1.95. The van der Waals surface area contributed by atoms with Gasteiger partial charge in [0.25, 0.3) is 10.1 Å². The molecule has 1 aromatic rings. The zero-order valence-electron chi connectivity index (χ0n) is 7.62. The van der Waals surface area contributed by atoms with Crippen LogP contribution in [-0.2, 0) is 22.0 Å². The van der Waals surface area contributed by atoms with Crippen LogP contribution in [0.4, 0.5) is 13.2 Å². The van der Waals surface area contributed by atoms with Gasteiger partial charge in [0.1, 0.15) is 5.75 Å². The van der Waals surface area contributed by atoms with Crippen LogP contribution in [0.5, 0.6) is 0 Å². The minimum absolute atomic E-state index is 0.148. The molecule has 8 heteroatoms. The van der Waals surface area contributed by atoms with Gasteiger partial charge in [-0.2, -0.15) is 21.6 Å². The first-order valence-corrected chi connectivity index (χ1v) is 5.89. The van der Waals surface area contributed by atoms with Gasteiger partial charge >= 0.3 is 6.18 Å². The topological polar surface area (TPSA) is 54.4 Å². The molecule has 0 spiro atoms. The Morgan fingerprint density at radius 2 is 1.88 bits per heavy atom. The van der Waals surface area contributed by atoms with Crippen LogP contribution in [-0.4, -0.2) is 13.0 Å². The number of hydrogen-bond acceptors (Lipinski definition) is 2. The maximum absolute atomic E-state index is 12.3. The lowest BCUT2D eigenvalue weighted by Gasteiger charge is -2.09. The Morgan fingerprint density at radius 1 is 1.31 bits per heavy atom. The summed E-state index contributed by atoms with van der Waals surface area (Å²) in [7, 11) is -4.41. The van der Waals surface area contributed by atoms with E-state index in [-0.39, 0.29) is 10.6 Å². The Balaban J connectivity index is 3.20. The SMILES string of the molecule is O=S(=O)(O)Cc1cc(C(F)(F)F)ccc1Cl. The summed E-state index contributed by atoms with van der Waals surface area (Å²) in [5, 5.41) is -0.148. The molecule has 0 aliphatic heterocycles. The van der Waals surface area contributed by atoms with Crippen molar-refractivity contribution < 1.29 is 26.1 Å². The zero-order valence-corrected chi connectivity index (χ0v) is 9.20. The Hall–Kier alpha value is -0.790. The van der Waals surface area contributed by atoms with Crippen molar-refractivity contribution in [2.75, 3.05) is 0 Å². The Kier molecular flexibility index (Phi) is 3.51. The molecule has 0 aliphatic rings. The third-order valence-electron chi connectivity index (χ3n) is 1.71. The Bertz CT molecular complexity index is 496. The van der Waals surface area contributed by atoms with Gasteiger partial charge < -0.3 is 0 Å². The number of alkyl halides is 3. The van der Waals surface area contributed by atoms with Gasteiger partial charge in [0.2, 0.25) is 0 Å². The van der Waals surface area contributed by atoms with E-state index >= 15 is 0 Å².